The van der Waals surface area contributed by atoms with E-state index in [4.69, 9.17) is 4.74 Å². The van der Waals surface area contributed by atoms with Crippen molar-refractivity contribution in [3.05, 3.63) is 30.1 Å². The maximum absolute atomic E-state index is 5.86. The van der Waals surface area contributed by atoms with Gasteiger partial charge in [-0.05, 0) is 43.2 Å². The molecule has 1 aliphatic carbocycles. The molecule has 0 bridgehead atoms. The standard InChI is InChI=1S/C15H21NO/c1-4-9-16-14(5-1)13-6-10-17-12-15(11-13)7-2-3-8-15/h1,4-5,9,13H,2-3,6-8,10-12H2. The molecule has 92 valence electrons. The lowest BCUT2D eigenvalue weighted by atomic mass is 9.77. The van der Waals surface area contributed by atoms with Gasteiger partial charge >= 0.3 is 0 Å². The molecule has 1 saturated heterocycles. The zero-order chi connectivity index (χ0) is 11.6. The van der Waals surface area contributed by atoms with Crippen LogP contribution in [0.4, 0.5) is 0 Å². The van der Waals surface area contributed by atoms with Crippen molar-refractivity contribution in [1.29, 1.82) is 0 Å². The Kier molecular flexibility index (Phi) is 3.15. The summed E-state index contributed by atoms with van der Waals surface area (Å²) in [5, 5.41) is 0. The fourth-order valence-corrected chi connectivity index (χ4v) is 3.54. The first-order valence-electron chi connectivity index (χ1n) is 6.87. The molecule has 1 saturated carbocycles. The van der Waals surface area contributed by atoms with Gasteiger partial charge in [-0.1, -0.05) is 18.9 Å². The third-order valence-electron chi connectivity index (χ3n) is 4.47. The normalized spacial score (nSPS) is 28.1. The van der Waals surface area contributed by atoms with E-state index in [2.05, 4.69) is 17.1 Å². The maximum atomic E-state index is 5.86. The lowest BCUT2D eigenvalue weighted by molar-refractivity contribution is 0.0634. The number of nitrogens with zero attached hydrogens (tertiary/aromatic N) is 1. The van der Waals surface area contributed by atoms with Crippen molar-refractivity contribution >= 4 is 0 Å². The summed E-state index contributed by atoms with van der Waals surface area (Å²) in [7, 11) is 0. The van der Waals surface area contributed by atoms with Crippen molar-refractivity contribution < 1.29 is 4.74 Å². The van der Waals surface area contributed by atoms with E-state index in [0.29, 0.717) is 11.3 Å². The summed E-state index contributed by atoms with van der Waals surface area (Å²) >= 11 is 0. The quantitative estimate of drug-likeness (QED) is 0.737. The molecule has 3 rings (SSSR count). The van der Waals surface area contributed by atoms with Crippen LogP contribution in [0.5, 0.6) is 0 Å². The molecule has 1 aliphatic heterocycles. The molecule has 0 amide bonds. The van der Waals surface area contributed by atoms with E-state index in [0.717, 1.165) is 19.6 Å². The van der Waals surface area contributed by atoms with Crippen LogP contribution < -0.4 is 0 Å². The molecule has 1 spiro atoms. The Labute approximate surface area is 103 Å². The molecule has 1 aromatic heterocycles. The summed E-state index contributed by atoms with van der Waals surface area (Å²) in [4.78, 5) is 4.54. The minimum atomic E-state index is 0.471. The van der Waals surface area contributed by atoms with Crippen LogP contribution in [0.2, 0.25) is 0 Å². The van der Waals surface area contributed by atoms with Gasteiger partial charge in [0.2, 0.25) is 0 Å². The molecule has 2 nitrogen and oxygen atoms in total. The first-order chi connectivity index (χ1) is 8.38. The highest BCUT2D eigenvalue weighted by Gasteiger charge is 2.38. The SMILES string of the molecule is c1ccc(C2CCOCC3(CCCC3)C2)nc1. The highest BCUT2D eigenvalue weighted by Crippen LogP contribution is 2.47. The van der Waals surface area contributed by atoms with Crippen LogP contribution in [0.1, 0.15) is 50.1 Å². The Bertz CT molecular complexity index is 356. The third kappa shape index (κ3) is 2.37. The lowest BCUT2D eigenvalue weighted by Crippen LogP contribution is -2.23. The second-order valence-electron chi connectivity index (χ2n) is 5.70. The van der Waals surface area contributed by atoms with Gasteiger partial charge in [0, 0.05) is 24.4 Å². The minimum absolute atomic E-state index is 0.471. The average molecular weight is 231 g/mol. The number of aromatic nitrogens is 1. The van der Waals surface area contributed by atoms with Crippen LogP contribution in [-0.2, 0) is 4.74 Å². The van der Waals surface area contributed by atoms with Gasteiger partial charge in [-0.25, -0.2) is 0 Å². The zero-order valence-corrected chi connectivity index (χ0v) is 10.4. The molecule has 17 heavy (non-hydrogen) atoms. The summed E-state index contributed by atoms with van der Waals surface area (Å²) < 4.78 is 5.86. The van der Waals surface area contributed by atoms with Crippen molar-refractivity contribution in [2.24, 2.45) is 5.41 Å². The van der Waals surface area contributed by atoms with Crippen LogP contribution >= 0.6 is 0 Å². The first-order valence-corrected chi connectivity index (χ1v) is 6.87. The molecular formula is C15H21NO. The molecule has 0 aromatic carbocycles. The van der Waals surface area contributed by atoms with Crippen LogP contribution in [0.15, 0.2) is 24.4 Å². The highest BCUT2D eigenvalue weighted by atomic mass is 16.5. The minimum Gasteiger partial charge on any atom is -0.381 e. The molecule has 2 aliphatic rings. The number of ether oxygens (including phenoxy) is 1. The highest BCUT2D eigenvalue weighted by molar-refractivity contribution is 5.11. The molecular weight excluding hydrogens is 210 g/mol. The van der Waals surface area contributed by atoms with Crippen LogP contribution in [0.3, 0.4) is 0 Å². The van der Waals surface area contributed by atoms with Crippen molar-refractivity contribution in [2.75, 3.05) is 13.2 Å². The van der Waals surface area contributed by atoms with Gasteiger partial charge in [0.05, 0.1) is 6.61 Å². The molecule has 0 radical (unpaired) electrons. The monoisotopic (exact) mass is 231 g/mol. The Morgan fingerprint density at radius 3 is 2.88 bits per heavy atom. The molecule has 1 aromatic rings. The first kappa shape index (κ1) is 11.2. The predicted octanol–water partition coefficient (Wildman–Crippen LogP) is 3.54. The number of pyridine rings is 1. The molecule has 2 fully saturated rings. The molecule has 0 N–H and O–H groups in total. The van der Waals surface area contributed by atoms with Gasteiger partial charge in [0.25, 0.3) is 0 Å². The second-order valence-corrected chi connectivity index (χ2v) is 5.70. The zero-order valence-electron chi connectivity index (χ0n) is 10.4. The van der Waals surface area contributed by atoms with E-state index in [1.807, 2.05) is 12.3 Å². The van der Waals surface area contributed by atoms with Crippen LogP contribution in [-0.4, -0.2) is 18.2 Å². The largest absolute Gasteiger partial charge is 0.381 e. The second kappa shape index (κ2) is 4.77. The van der Waals surface area contributed by atoms with E-state index in [9.17, 15) is 0 Å². The van der Waals surface area contributed by atoms with E-state index >= 15 is 0 Å². The van der Waals surface area contributed by atoms with Gasteiger partial charge in [0.1, 0.15) is 0 Å². The number of hydrogen-bond donors (Lipinski definition) is 0. The molecule has 2 heteroatoms. The van der Waals surface area contributed by atoms with E-state index in [-0.39, 0.29) is 0 Å². The summed E-state index contributed by atoms with van der Waals surface area (Å²) in [6, 6.07) is 6.29. The van der Waals surface area contributed by atoms with E-state index in [1.165, 1.54) is 37.8 Å². The fraction of sp³-hybridized carbons (Fsp3) is 0.667. The third-order valence-corrected chi connectivity index (χ3v) is 4.47. The summed E-state index contributed by atoms with van der Waals surface area (Å²) in [5.74, 6) is 0.608. The van der Waals surface area contributed by atoms with E-state index < -0.39 is 0 Å². The van der Waals surface area contributed by atoms with E-state index in [1.54, 1.807) is 0 Å². The summed E-state index contributed by atoms with van der Waals surface area (Å²) in [5.41, 5.74) is 1.74. The number of rotatable bonds is 1. The van der Waals surface area contributed by atoms with Crippen molar-refractivity contribution in [2.45, 2.75) is 44.4 Å². The Balaban J connectivity index is 1.80. The van der Waals surface area contributed by atoms with Crippen molar-refractivity contribution in [1.82, 2.24) is 4.98 Å². The Hall–Kier alpha value is -0.890. The van der Waals surface area contributed by atoms with Gasteiger partial charge in [-0.2, -0.15) is 0 Å². The summed E-state index contributed by atoms with van der Waals surface area (Å²) in [6.45, 7) is 1.89. The lowest BCUT2D eigenvalue weighted by Gasteiger charge is -2.29. The van der Waals surface area contributed by atoms with Gasteiger partial charge in [0.15, 0.2) is 0 Å². The molecule has 2 heterocycles. The fourth-order valence-electron chi connectivity index (χ4n) is 3.54. The number of hydrogen-bond acceptors (Lipinski definition) is 2. The Morgan fingerprint density at radius 2 is 2.12 bits per heavy atom. The summed E-state index contributed by atoms with van der Waals surface area (Å²) in [6.07, 6.45) is 9.83. The molecule has 1 atom stereocenters. The van der Waals surface area contributed by atoms with Gasteiger partial charge in [-0.3, -0.25) is 4.98 Å². The molecule has 1 unspecified atom stereocenters. The average Bonchev–Trinajstić information content (AvgIpc) is 2.71. The Morgan fingerprint density at radius 1 is 1.24 bits per heavy atom. The predicted molar refractivity (Wildman–Crippen MR) is 67.9 cm³/mol. The van der Waals surface area contributed by atoms with Crippen LogP contribution in [0.25, 0.3) is 0 Å². The van der Waals surface area contributed by atoms with Crippen molar-refractivity contribution in [3.8, 4) is 0 Å². The smallest absolute Gasteiger partial charge is 0.0522 e. The van der Waals surface area contributed by atoms with Gasteiger partial charge in [-0.15, -0.1) is 0 Å². The topological polar surface area (TPSA) is 22.1 Å². The van der Waals surface area contributed by atoms with Gasteiger partial charge < -0.3 is 4.74 Å². The van der Waals surface area contributed by atoms with Crippen LogP contribution in [0, 0.1) is 5.41 Å². The maximum Gasteiger partial charge on any atom is 0.0522 e. The van der Waals surface area contributed by atoms with Crippen molar-refractivity contribution in [3.63, 3.8) is 0 Å².